The minimum absolute atomic E-state index is 0. The van der Waals surface area contributed by atoms with Crippen LogP contribution in [-0.4, -0.2) is 42.7 Å². The van der Waals surface area contributed by atoms with Crippen molar-refractivity contribution >= 4 is 17.7 Å². The summed E-state index contributed by atoms with van der Waals surface area (Å²) in [5.41, 5.74) is 3.02. The summed E-state index contributed by atoms with van der Waals surface area (Å²) >= 11 is -2.03. The maximum Gasteiger partial charge on any atom is 0 e. The van der Waals surface area contributed by atoms with E-state index < -0.39 is 19.2 Å². The Hall–Kier alpha value is -0.518. The molecule has 2 rings (SSSR count). The van der Waals surface area contributed by atoms with Gasteiger partial charge in [0, 0.05) is 34.3 Å². The number of aromatic nitrogens is 1. The Morgan fingerprint density at radius 3 is 2.12 bits per heavy atom. The molecular weight excluding hydrogens is 539 g/mol. The van der Waals surface area contributed by atoms with E-state index in [1.165, 1.54) is 4.40 Å². The van der Waals surface area contributed by atoms with Crippen LogP contribution in [0.2, 0.25) is 17.3 Å². The van der Waals surface area contributed by atoms with E-state index in [-0.39, 0.29) is 20.1 Å². The summed E-state index contributed by atoms with van der Waals surface area (Å²) in [5.74, 6) is 6.45. The number of nitrogens with zero attached hydrogens (tertiary/aromatic N) is 1. The average molecular weight is 570 g/mol. The zero-order valence-corrected chi connectivity index (χ0v) is 20.1. The zero-order chi connectivity index (χ0) is 19.0. The molecule has 0 amide bonds. The Kier molecular flexibility index (Phi) is 12.5. The van der Waals surface area contributed by atoms with Crippen molar-refractivity contribution in [2.75, 3.05) is 14.2 Å². The molecule has 0 atom stereocenters. The fourth-order valence-corrected chi connectivity index (χ4v) is 5.49. The molecule has 0 aliphatic rings. The van der Waals surface area contributed by atoms with Crippen molar-refractivity contribution in [1.82, 2.24) is 4.98 Å². The van der Waals surface area contributed by atoms with Gasteiger partial charge in [-0.1, -0.05) is 0 Å². The molecule has 0 spiro atoms. The second-order valence-electron chi connectivity index (χ2n) is 6.14. The van der Waals surface area contributed by atoms with Crippen molar-refractivity contribution in [3.8, 4) is 11.3 Å². The van der Waals surface area contributed by atoms with Gasteiger partial charge in [-0.3, -0.25) is 0 Å². The molecule has 1 heterocycles. The largest absolute Gasteiger partial charge is 0 e. The molecule has 0 fully saturated rings. The van der Waals surface area contributed by atoms with Crippen molar-refractivity contribution < 1.29 is 31.7 Å². The molecule has 24 heavy (non-hydrogen) atoms. The van der Waals surface area contributed by atoms with Crippen LogP contribution in [0.1, 0.15) is 26.7 Å². The molecule has 0 unspecified atom stereocenters. The number of benzene rings is 1. The van der Waals surface area contributed by atoms with E-state index in [1.807, 2.05) is 44.3 Å². The van der Waals surface area contributed by atoms with E-state index in [0.717, 1.165) is 31.0 Å². The second-order valence-corrected chi connectivity index (χ2v) is 16.7. The number of aliphatic hydroxyl groups is 2. The number of pyridine rings is 1. The Morgan fingerprint density at radius 1 is 1.12 bits per heavy atom. The molecular formula is C19H30GeIrNO2-. The predicted molar refractivity (Wildman–Crippen MR) is 102 cm³/mol. The Bertz CT molecular complexity index is 611. The summed E-state index contributed by atoms with van der Waals surface area (Å²) in [6, 6.07) is 13.2. The van der Waals surface area contributed by atoms with E-state index in [0.29, 0.717) is 0 Å². The Balaban J connectivity index is 0. The summed E-state index contributed by atoms with van der Waals surface area (Å²) < 4.78 is 9.77. The van der Waals surface area contributed by atoms with Crippen molar-refractivity contribution in [3.63, 3.8) is 0 Å². The van der Waals surface area contributed by atoms with Crippen LogP contribution < -0.4 is 4.40 Å². The van der Waals surface area contributed by atoms with Crippen LogP contribution in [0.3, 0.4) is 0 Å². The van der Waals surface area contributed by atoms with Crippen LogP contribution in [0.4, 0.5) is 0 Å². The smallest absolute Gasteiger partial charge is 0 e. The van der Waals surface area contributed by atoms with Gasteiger partial charge in [0.25, 0.3) is 0 Å². The van der Waals surface area contributed by atoms with E-state index in [1.54, 1.807) is 0 Å². The van der Waals surface area contributed by atoms with E-state index in [2.05, 4.69) is 34.4 Å². The van der Waals surface area contributed by atoms with Gasteiger partial charge in [0.2, 0.25) is 0 Å². The van der Waals surface area contributed by atoms with E-state index in [9.17, 15) is 0 Å². The molecule has 1 aromatic heterocycles. The van der Waals surface area contributed by atoms with Crippen LogP contribution in [0.5, 0.6) is 0 Å². The molecule has 1 aromatic carbocycles. The molecule has 0 aliphatic heterocycles. The zero-order valence-electron chi connectivity index (χ0n) is 16.6. The van der Waals surface area contributed by atoms with Gasteiger partial charge in [0.1, 0.15) is 0 Å². The third-order valence-corrected chi connectivity index (χ3v) is 7.46. The average Bonchev–Trinajstić information content (AvgIpc) is 2.57. The summed E-state index contributed by atoms with van der Waals surface area (Å²) in [5, 5.41) is 14.0. The number of hydrogen-bond donors (Lipinski definition) is 2. The third-order valence-electron chi connectivity index (χ3n) is 3.24. The molecule has 1 radical (unpaired) electrons. The minimum Gasteiger partial charge on any atom is 0 e. The van der Waals surface area contributed by atoms with Crippen molar-refractivity contribution in [1.29, 1.82) is 0 Å². The first-order chi connectivity index (χ1) is 11.2. The summed E-state index contributed by atoms with van der Waals surface area (Å²) in [6.45, 7) is 3.91. The Morgan fingerprint density at radius 2 is 1.71 bits per heavy atom. The molecule has 2 aromatic rings. The first-order valence-corrected chi connectivity index (χ1v) is 14.9. The molecule has 0 aliphatic carbocycles. The van der Waals surface area contributed by atoms with Gasteiger partial charge in [-0.25, -0.2) is 0 Å². The van der Waals surface area contributed by atoms with Crippen molar-refractivity contribution in [3.05, 3.63) is 48.2 Å². The molecule has 5 heteroatoms. The molecule has 0 bridgehead atoms. The first kappa shape index (κ1) is 23.5. The van der Waals surface area contributed by atoms with E-state index >= 15 is 0 Å². The van der Waals surface area contributed by atoms with Gasteiger partial charge < -0.3 is 10.2 Å². The third kappa shape index (κ3) is 7.58. The number of hydrogen-bond acceptors (Lipinski definition) is 3. The fraction of sp³-hybridized carbons (Fsp3) is 0.421. The van der Waals surface area contributed by atoms with Gasteiger partial charge in [0.05, 0.1) is 0 Å². The topological polar surface area (TPSA) is 53.4 Å². The van der Waals surface area contributed by atoms with Crippen molar-refractivity contribution in [2.45, 2.75) is 37.0 Å². The van der Waals surface area contributed by atoms with Crippen molar-refractivity contribution in [2.24, 2.45) is 0 Å². The first-order valence-electron chi connectivity index (χ1n) is 8.07. The standard InChI is InChI=1S/C17H22GeN.2CH4O.Ir/c1-13(2)15-11-17(14-9-7-6-8-10-14)19-12-16(15)18(3,4)5;2*1-2;/h6-9,11-13H,1-5H3;2*2H,1H3;/q-1;;;/i13D;;;. The Labute approximate surface area is 164 Å². The van der Waals surface area contributed by atoms with Crippen LogP contribution in [-0.2, 0) is 20.1 Å². The maximum absolute atomic E-state index is 8.44. The molecule has 3 nitrogen and oxygen atoms in total. The van der Waals surface area contributed by atoms with Gasteiger partial charge in [0.15, 0.2) is 0 Å². The monoisotopic (exact) mass is 572 g/mol. The van der Waals surface area contributed by atoms with Crippen LogP contribution in [0.15, 0.2) is 36.5 Å². The van der Waals surface area contributed by atoms with Crippen LogP contribution >= 0.6 is 0 Å². The van der Waals surface area contributed by atoms with E-state index in [4.69, 9.17) is 11.6 Å². The molecule has 137 valence electrons. The molecule has 2 N–H and O–H groups in total. The fourth-order valence-electron chi connectivity index (χ4n) is 2.17. The predicted octanol–water partition coefficient (Wildman–Crippen LogP) is 3.43. The SMILES string of the molecule is CO.CO.[2H]C(C)(C)c1cc(-c2[c-]cccc2)nc[c]1[Ge]([CH3])([CH3])[CH3].[Ir]. The minimum atomic E-state index is -2.03. The quantitative estimate of drug-likeness (QED) is 0.440. The summed E-state index contributed by atoms with van der Waals surface area (Å²) in [7, 11) is 2.00. The molecule has 0 saturated carbocycles. The maximum atomic E-state index is 8.44. The summed E-state index contributed by atoms with van der Waals surface area (Å²) in [6.07, 6.45) is 2.00. The number of rotatable bonds is 3. The number of aliphatic hydroxyl groups excluding tert-OH is 2. The van der Waals surface area contributed by atoms with Gasteiger partial charge in [-0.2, -0.15) is 0 Å². The van der Waals surface area contributed by atoms with Crippen LogP contribution in [0, 0.1) is 6.07 Å². The normalized spacial score (nSPS) is 11.0. The molecule has 0 saturated heterocycles. The van der Waals surface area contributed by atoms with Gasteiger partial charge >= 0.3 is 120 Å². The van der Waals surface area contributed by atoms with Gasteiger partial charge in [-0.15, -0.1) is 0 Å². The second kappa shape index (κ2) is 12.8. The summed E-state index contributed by atoms with van der Waals surface area (Å²) in [4.78, 5) is 4.62. The van der Waals surface area contributed by atoms with Crippen LogP contribution in [0.25, 0.3) is 11.3 Å². The van der Waals surface area contributed by atoms with Gasteiger partial charge in [-0.05, 0) is 0 Å².